The number of benzene rings is 2. The van der Waals surface area contributed by atoms with Gasteiger partial charge in [-0.25, -0.2) is 4.79 Å². The summed E-state index contributed by atoms with van der Waals surface area (Å²) in [4.78, 5) is 42.6. The first-order chi connectivity index (χ1) is 16.5. The summed E-state index contributed by atoms with van der Waals surface area (Å²) in [7, 11) is 0. The summed E-state index contributed by atoms with van der Waals surface area (Å²) in [6.45, 7) is 1.95. The number of carbonyl (C=O) groups excluding carboxylic acids is 2. The number of nitrogen functional groups attached to an aromatic ring is 1. The third-order valence-electron chi connectivity index (χ3n) is 5.85. The Kier molecular flexibility index (Phi) is 5.54. The molecule has 0 bridgehead atoms. The van der Waals surface area contributed by atoms with Gasteiger partial charge in [0, 0.05) is 29.2 Å². The van der Waals surface area contributed by atoms with E-state index in [1.54, 1.807) is 0 Å². The maximum atomic E-state index is 13.0. The third kappa shape index (κ3) is 4.13. The number of hydrogen-bond acceptors (Lipinski definition) is 7. The molecule has 2 aromatic heterocycles. The zero-order chi connectivity index (χ0) is 23.7. The van der Waals surface area contributed by atoms with E-state index in [0.717, 1.165) is 39.0 Å². The Hall–Kier alpha value is -4.47. The highest BCUT2D eigenvalue weighted by molar-refractivity contribution is 6.04. The lowest BCUT2D eigenvalue weighted by atomic mass is 10.1. The van der Waals surface area contributed by atoms with E-state index in [4.69, 9.17) is 5.73 Å². The number of H-pyrrole nitrogens is 1. The number of fused-ring (bicyclic) bond motifs is 1. The molecule has 10 heteroatoms. The van der Waals surface area contributed by atoms with Gasteiger partial charge in [-0.05, 0) is 29.7 Å². The van der Waals surface area contributed by atoms with Crippen LogP contribution in [0.4, 0.5) is 22.4 Å². The number of nitrogens with one attached hydrogen (secondary N) is 3. The van der Waals surface area contributed by atoms with Crippen LogP contribution in [-0.2, 0) is 24.2 Å². The Labute approximate surface area is 195 Å². The molecular weight excluding hydrogens is 432 g/mol. The number of rotatable bonds is 7. The second-order valence-electron chi connectivity index (χ2n) is 8.06. The summed E-state index contributed by atoms with van der Waals surface area (Å²) in [5.74, 6) is 0.148. The lowest BCUT2D eigenvalue weighted by Crippen LogP contribution is -2.32. The fourth-order valence-corrected chi connectivity index (χ4v) is 4.16. The minimum Gasteiger partial charge on any atom is -0.368 e. The van der Waals surface area contributed by atoms with Crippen molar-refractivity contribution in [2.75, 3.05) is 11.1 Å². The van der Waals surface area contributed by atoms with Crippen LogP contribution in [0.15, 0.2) is 54.7 Å². The molecule has 1 saturated heterocycles. The fraction of sp³-hybridized carbons (Fsp3) is 0.208. The van der Waals surface area contributed by atoms with E-state index in [2.05, 4.69) is 37.5 Å². The summed E-state index contributed by atoms with van der Waals surface area (Å²) in [5, 5.41) is 6.95. The number of nitrogens with zero attached hydrogens (tertiary/aromatic N) is 4. The van der Waals surface area contributed by atoms with Gasteiger partial charge in [0.15, 0.2) is 5.82 Å². The van der Waals surface area contributed by atoms with Crippen LogP contribution >= 0.6 is 0 Å². The quantitative estimate of drug-likeness (QED) is 0.313. The molecule has 0 radical (unpaired) electrons. The number of aromatic nitrogens is 4. The topological polar surface area (TPSA) is 142 Å². The van der Waals surface area contributed by atoms with E-state index in [-0.39, 0.29) is 30.2 Å². The second kappa shape index (κ2) is 8.81. The highest BCUT2D eigenvalue weighted by Crippen LogP contribution is 2.23. The number of imide groups is 1. The second-order valence-corrected chi connectivity index (χ2v) is 8.06. The molecule has 4 aromatic rings. The Balaban J connectivity index is 1.33. The molecule has 0 unspecified atom stereocenters. The van der Waals surface area contributed by atoms with Gasteiger partial charge in [-0.1, -0.05) is 43.3 Å². The van der Waals surface area contributed by atoms with Gasteiger partial charge >= 0.3 is 6.03 Å². The summed E-state index contributed by atoms with van der Waals surface area (Å²) >= 11 is 0. The lowest BCUT2D eigenvalue weighted by Gasteiger charge is -2.14. The highest BCUT2D eigenvalue weighted by atomic mass is 16.2. The summed E-state index contributed by atoms with van der Waals surface area (Å²) in [6.07, 6.45) is 3.08. The minimum atomic E-state index is -0.667. The van der Waals surface area contributed by atoms with Gasteiger partial charge in [0.1, 0.15) is 6.04 Å². The number of nitrogens with two attached hydrogens (primary N) is 1. The molecule has 10 nitrogen and oxygen atoms in total. The Bertz CT molecular complexity index is 1380. The van der Waals surface area contributed by atoms with Crippen molar-refractivity contribution in [3.05, 3.63) is 71.7 Å². The average molecular weight is 457 g/mol. The van der Waals surface area contributed by atoms with E-state index < -0.39 is 12.1 Å². The minimum absolute atomic E-state index is 0.00359. The molecule has 0 saturated carbocycles. The van der Waals surface area contributed by atoms with Gasteiger partial charge in [-0.2, -0.15) is 15.0 Å². The van der Waals surface area contributed by atoms with E-state index in [0.29, 0.717) is 6.42 Å². The van der Waals surface area contributed by atoms with Crippen molar-refractivity contribution in [1.29, 1.82) is 0 Å². The number of anilines is 3. The SMILES string of the molecule is CCc1ccccc1Nc1nc(N)nc(CN2C(=O)N[C@@H](Cc3c[nH]c4ccccc34)C2=O)n1. The molecule has 3 amide bonds. The zero-order valence-electron chi connectivity index (χ0n) is 18.6. The number of urea groups is 1. The first-order valence-corrected chi connectivity index (χ1v) is 11.0. The van der Waals surface area contributed by atoms with Crippen LogP contribution in [-0.4, -0.2) is 42.8 Å². The number of aromatic amines is 1. The largest absolute Gasteiger partial charge is 0.368 e. The van der Waals surface area contributed by atoms with Gasteiger partial charge in [-0.3, -0.25) is 9.69 Å². The fourth-order valence-electron chi connectivity index (χ4n) is 4.16. The highest BCUT2D eigenvalue weighted by Gasteiger charge is 2.38. The molecule has 5 N–H and O–H groups in total. The predicted octanol–water partition coefficient (Wildman–Crippen LogP) is 2.90. The van der Waals surface area contributed by atoms with Crippen LogP contribution in [0.3, 0.4) is 0 Å². The molecule has 1 atom stereocenters. The van der Waals surface area contributed by atoms with Crippen molar-refractivity contribution in [2.24, 2.45) is 0 Å². The molecule has 0 aliphatic carbocycles. The van der Waals surface area contributed by atoms with E-state index >= 15 is 0 Å². The predicted molar refractivity (Wildman–Crippen MR) is 128 cm³/mol. The van der Waals surface area contributed by atoms with Crippen LogP contribution in [0, 0.1) is 0 Å². The molecule has 0 spiro atoms. The van der Waals surface area contributed by atoms with Gasteiger partial charge in [0.05, 0.1) is 6.54 Å². The molecule has 34 heavy (non-hydrogen) atoms. The van der Waals surface area contributed by atoms with Crippen molar-refractivity contribution in [1.82, 2.24) is 30.2 Å². The average Bonchev–Trinajstić information content (AvgIpc) is 3.35. The molecule has 5 rings (SSSR count). The first kappa shape index (κ1) is 21.4. The van der Waals surface area contributed by atoms with Crippen LogP contribution in [0.5, 0.6) is 0 Å². The third-order valence-corrected chi connectivity index (χ3v) is 5.85. The maximum absolute atomic E-state index is 13.0. The molecule has 1 aliphatic heterocycles. The maximum Gasteiger partial charge on any atom is 0.325 e. The van der Waals surface area contributed by atoms with Crippen molar-refractivity contribution in [3.63, 3.8) is 0 Å². The van der Waals surface area contributed by atoms with Gasteiger partial charge in [0.25, 0.3) is 5.91 Å². The Morgan fingerprint density at radius 3 is 2.68 bits per heavy atom. The van der Waals surface area contributed by atoms with Gasteiger partial charge in [-0.15, -0.1) is 0 Å². The monoisotopic (exact) mass is 456 g/mol. The first-order valence-electron chi connectivity index (χ1n) is 11.0. The van der Waals surface area contributed by atoms with Crippen LogP contribution < -0.4 is 16.4 Å². The van der Waals surface area contributed by atoms with E-state index in [1.165, 1.54) is 0 Å². The van der Waals surface area contributed by atoms with Gasteiger partial charge < -0.3 is 21.4 Å². The number of aryl methyl sites for hydroxylation is 1. The zero-order valence-corrected chi connectivity index (χ0v) is 18.6. The van der Waals surface area contributed by atoms with Crippen molar-refractivity contribution in [3.8, 4) is 0 Å². The molecular formula is C24H24N8O2. The number of para-hydroxylation sites is 2. The molecule has 1 aliphatic rings. The number of amides is 3. The Morgan fingerprint density at radius 2 is 1.82 bits per heavy atom. The normalized spacial score (nSPS) is 15.7. The van der Waals surface area contributed by atoms with E-state index in [9.17, 15) is 9.59 Å². The number of hydrogen-bond donors (Lipinski definition) is 4. The van der Waals surface area contributed by atoms with Crippen molar-refractivity contribution >= 4 is 40.4 Å². The van der Waals surface area contributed by atoms with Crippen LogP contribution in [0.1, 0.15) is 23.9 Å². The van der Waals surface area contributed by atoms with Crippen molar-refractivity contribution in [2.45, 2.75) is 32.4 Å². The van der Waals surface area contributed by atoms with Crippen LogP contribution in [0.2, 0.25) is 0 Å². The van der Waals surface area contributed by atoms with Crippen LogP contribution in [0.25, 0.3) is 10.9 Å². The molecule has 2 aromatic carbocycles. The van der Waals surface area contributed by atoms with Gasteiger partial charge in [0.2, 0.25) is 11.9 Å². The summed E-state index contributed by atoms with van der Waals surface area (Å²) in [6, 6.07) is 14.5. The molecule has 172 valence electrons. The number of carbonyl (C=O) groups is 2. The molecule has 1 fully saturated rings. The molecule has 3 heterocycles. The lowest BCUT2D eigenvalue weighted by molar-refractivity contribution is -0.127. The summed E-state index contributed by atoms with van der Waals surface area (Å²) < 4.78 is 0. The summed E-state index contributed by atoms with van der Waals surface area (Å²) in [5.41, 5.74) is 9.78. The smallest absolute Gasteiger partial charge is 0.325 e. The van der Waals surface area contributed by atoms with Crippen molar-refractivity contribution < 1.29 is 9.59 Å². The standard InChI is InChI=1S/C24H24N8O2/c1-2-14-7-3-5-9-17(14)27-23-30-20(29-22(25)31-23)13-32-21(33)19(28-24(32)34)11-15-12-26-18-10-6-4-8-16(15)18/h3-10,12,19,26H,2,11,13H2,1H3,(H,28,34)(H3,25,27,29,30,31)/t19-/m0/s1. The van der Waals surface area contributed by atoms with E-state index in [1.807, 2.05) is 54.7 Å². The Morgan fingerprint density at radius 1 is 1.03 bits per heavy atom.